The summed E-state index contributed by atoms with van der Waals surface area (Å²) in [5, 5.41) is 0. The van der Waals surface area contributed by atoms with Gasteiger partial charge in [0.05, 0.1) is 0 Å². The fourth-order valence-electron chi connectivity index (χ4n) is 2.42. The van der Waals surface area contributed by atoms with Gasteiger partial charge < -0.3 is 0 Å². The molecule has 0 saturated carbocycles. The fraction of sp³-hybridized carbons (Fsp3) is 1.00. The normalized spacial score (nSPS) is 14.5. The van der Waals surface area contributed by atoms with Crippen molar-refractivity contribution in [2.75, 3.05) is 0 Å². The second-order valence-corrected chi connectivity index (χ2v) is 50.9. The van der Waals surface area contributed by atoms with Gasteiger partial charge in [-0.2, -0.15) is 0 Å². The van der Waals surface area contributed by atoms with E-state index in [-0.39, 0.29) is 41.7 Å². The molecule has 0 aromatic heterocycles. The molecule has 3 nitrogen and oxygen atoms in total. The number of halogens is 2. The summed E-state index contributed by atoms with van der Waals surface area (Å²) >= 11 is -0.543. The molecule has 0 spiro atoms. The third kappa shape index (κ3) is 14.8. The molecule has 0 aliphatic rings. The number of hydrogen-bond donors (Lipinski definition) is 0. The summed E-state index contributed by atoms with van der Waals surface area (Å²) in [6, 6.07) is 0. The molecule has 168 valence electrons. The molecule has 0 bridgehead atoms. The molecule has 0 aliphatic carbocycles. The van der Waals surface area contributed by atoms with Gasteiger partial charge in [-0.1, -0.05) is 0 Å². The molecule has 27 heavy (non-hydrogen) atoms. The van der Waals surface area contributed by atoms with Gasteiger partial charge in [-0.25, -0.2) is 0 Å². The zero-order valence-corrected chi connectivity index (χ0v) is 28.1. The second kappa shape index (κ2) is 12.9. The van der Waals surface area contributed by atoms with Crippen LogP contribution in [0.5, 0.6) is 0 Å². The summed E-state index contributed by atoms with van der Waals surface area (Å²) in [4.78, 5) is 0. The van der Waals surface area contributed by atoms with Gasteiger partial charge in [0.25, 0.3) is 0 Å². The van der Waals surface area contributed by atoms with E-state index < -0.39 is 28.3 Å². The molecule has 0 atom stereocenters. The summed E-state index contributed by atoms with van der Waals surface area (Å²) in [5.74, 6) is 0. The first-order valence-electron chi connectivity index (χ1n) is 10.5. The molecule has 9 heteroatoms. The molecule has 0 radical (unpaired) electrons. The minimum atomic E-state index is -2.63. The molecule has 0 fully saturated rings. The van der Waals surface area contributed by atoms with E-state index in [4.69, 9.17) is 9.63 Å². The Balaban J connectivity index is 5.90. The molecular formula is C18H46I2O3Si4-2. The zero-order chi connectivity index (χ0) is 21.4. The van der Waals surface area contributed by atoms with Gasteiger partial charge in [0.2, 0.25) is 0 Å². The third-order valence-corrected chi connectivity index (χ3v) is 26.2. The Bertz CT molecular complexity index is 381. The predicted octanol–water partition coefficient (Wildman–Crippen LogP) is 1.24. The average molecular weight is 677 g/mol. The topological polar surface area (TPSA) is 27.7 Å². The van der Waals surface area contributed by atoms with Crippen LogP contribution in [0.15, 0.2) is 0 Å². The molecule has 0 aromatic carbocycles. The monoisotopic (exact) mass is 676 g/mol. The van der Waals surface area contributed by atoms with Gasteiger partial charge in [0, 0.05) is 0 Å². The number of rotatable bonds is 15. The van der Waals surface area contributed by atoms with Crippen molar-refractivity contribution in [2.45, 2.75) is 117 Å². The van der Waals surface area contributed by atoms with Crippen LogP contribution in [0.25, 0.3) is 0 Å². The Hall–Kier alpha value is 2.21. The summed E-state index contributed by atoms with van der Waals surface area (Å²) in [5.41, 5.74) is -1.94. The molecule has 0 amide bonds. The van der Waals surface area contributed by atoms with Crippen molar-refractivity contribution >= 4 is 28.3 Å². The van der Waals surface area contributed by atoms with Crippen molar-refractivity contribution in [1.29, 1.82) is 0 Å². The van der Waals surface area contributed by atoms with Crippen LogP contribution in [0, 0.1) is 0 Å². The maximum atomic E-state index is 7.01. The van der Waals surface area contributed by atoms with E-state index in [1.807, 2.05) is 0 Å². The summed E-state index contributed by atoms with van der Waals surface area (Å²) in [6.07, 6.45) is 7.46. The van der Waals surface area contributed by atoms with Crippen LogP contribution in [0.4, 0.5) is 0 Å². The van der Waals surface area contributed by atoms with E-state index in [2.05, 4.69) is 72.8 Å². The number of unbranched alkanes of at least 4 members (excludes halogenated alkanes) is 2. The summed E-state index contributed by atoms with van der Waals surface area (Å²) < 4.78 is 21.0. The van der Waals surface area contributed by atoms with Crippen LogP contribution in [0.1, 0.15) is 52.4 Å². The Morgan fingerprint density at radius 2 is 1.04 bits per heavy atom. The van der Waals surface area contributed by atoms with E-state index in [0.29, 0.717) is 5.54 Å². The van der Waals surface area contributed by atoms with Crippen molar-refractivity contribution < 1.29 is 51.3 Å². The molecule has 0 unspecified atom stereocenters. The molecule has 0 saturated heterocycles. The standard InChI is InChI=1S/C18H46I2O3Si4/c1-12-14-16-18(17-15-13-2)27(23-26(9,10)11,21-19-24(3,4)5)22-20-25(6,7)8/h18H,12-17H2,1-11H3/q-2. The fourth-order valence-corrected chi connectivity index (χ4v) is 33.6. The Morgan fingerprint density at radius 3 is 1.30 bits per heavy atom. The van der Waals surface area contributed by atoms with Crippen molar-refractivity contribution in [3.05, 3.63) is 0 Å². The molecule has 0 aromatic rings. The van der Waals surface area contributed by atoms with Crippen molar-refractivity contribution in [2.24, 2.45) is 0 Å². The van der Waals surface area contributed by atoms with Gasteiger partial charge in [0.15, 0.2) is 0 Å². The first kappa shape index (κ1) is 29.2. The van der Waals surface area contributed by atoms with Gasteiger partial charge >= 0.3 is 196 Å². The average Bonchev–Trinajstić information content (AvgIpc) is 2.47. The second-order valence-electron chi connectivity index (χ2n) is 10.2. The summed E-state index contributed by atoms with van der Waals surface area (Å²) in [6.45, 7) is 26.2. The van der Waals surface area contributed by atoms with Crippen LogP contribution in [-0.2, 0) is 9.63 Å². The van der Waals surface area contributed by atoms with Crippen molar-refractivity contribution in [3.63, 3.8) is 0 Å². The molecule has 0 aliphatic heterocycles. The van der Waals surface area contributed by atoms with Crippen LogP contribution in [0.2, 0.25) is 64.5 Å². The first-order valence-corrected chi connectivity index (χ1v) is 30.7. The van der Waals surface area contributed by atoms with Crippen LogP contribution >= 0.6 is 0 Å². The minimum absolute atomic E-state index is 0.271. The van der Waals surface area contributed by atoms with E-state index in [1.54, 1.807) is 0 Å². The van der Waals surface area contributed by atoms with Gasteiger partial charge in [-0.15, -0.1) is 0 Å². The molecular weight excluding hydrogens is 630 g/mol. The molecule has 0 heterocycles. The zero-order valence-electron chi connectivity index (χ0n) is 19.8. The Morgan fingerprint density at radius 1 is 0.667 bits per heavy atom. The van der Waals surface area contributed by atoms with E-state index in [1.165, 1.54) is 38.5 Å². The Labute approximate surface area is 194 Å². The summed E-state index contributed by atoms with van der Waals surface area (Å²) in [7, 11) is -4.37. The van der Waals surface area contributed by atoms with Crippen molar-refractivity contribution in [1.82, 2.24) is 0 Å². The van der Waals surface area contributed by atoms with Gasteiger partial charge in [-0.05, 0) is 0 Å². The molecule has 0 N–H and O–H groups in total. The van der Waals surface area contributed by atoms with E-state index in [0.717, 1.165) is 0 Å². The van der Waals surface area contributed by atoms with E-state index >= 15 is 0 Å². The van der Waals surface area contributed by atoms with Crippen LogP contribution < -0.4 is 41.7 Å². The van der Waals surface area contributed by atoms with Gasteiger partial charge in [-0.3, -0.25) is 0 Å². The van der Waals surface area contributed by atoms with Crippen molar-refractivity contribution in [3.8, 4) is 0 Å². The SMILES string of the molecule is CCCCC(CCCC)[Si](O[I-][Si](C)(C)C)(O[I-][Si](C)(C)C)O[Si](C)(C)C. The Kier molecular flexibility index (Phi) is 14.0. The predicted molar refractivity (Wildman–Crippen MR) is 122 cm³/mol. The van der Waals surface area contributed by atoms with Crippen LogP contribution in [-0.4, -0.2) is 28.3 Å². The van der Waals surface area contributed by atoms with Gasteiger partial charge in [0.1, 0.15) is 0 Å². The van der Waals surface area contributed by atoms with E-state index in [9.17, 15) is 0 Å². The number of hydrogen-bond acceptors (Lipinski definition) is 3. The molecule has 0 rings (SSSR count). The first-order chi connectivity index (χ1) is 12.1. The maximum absolute atomic E-state index is 7.01. The quantitative estimate of drug-likeness (QED) is 0.149. The third-order valence-electron chi connectivity index (χ3n) is 3.52. The van der Waals surface area contributed by atoms with Crippen LogP contribution in [0.3, 0.4) is 0 Å².